The molecule has 0 heterocycles. The smallest absolute Gasteiger partial charge is 0.272 e. The van der Waals surface area contributed by atoms with E-state index in [0.29, 0.717) is 6.54 Å². The molecule has 0 aliphatic rings. The monoisotopic (exact) mass is 314 g/mol. The van der Waals surface area contributed by atoms with Crippen LogP contribution in [0.3, 0.4) is 0 Å². The summed E-state index contributed by atoms with van der Waals surface area (Å²) in [5.74, 6) is -1.02. The Labute approximate surface area is 136 Å². The predicted molar refractivity (Wildman–Crippen MR) is 90.6 cm³/mol. The summed E-state index contributed by atoms with van der Waals surface area (Å²) in [5.41, 5.74) is 7.58. The first-order chi connectivity index (χ1) is 10.9. The van der Waals surface area contributed by atoms with Gasteiger partial charge in [0.25, 0.3) is 5.91 Å². The number of benzene rings is 1. The summed E-state index contributed by atoms with van der Waals surface area (Å²) in [6.07, 6.45) is 4.32. The lowest BCUT2D eigenvalue weighted by Crippen LogP contribution is -2.33. The fraction of sp³-hybridized carbons (Fsp3) is 0.235. The molecule has 0 aromatic heterocycles. The number of allylic oxidation sites excluding steroid dienone is 1. The minimum Gasteiger partial charge on any atom is -0.394 e. The largest absolute Gasteiger partial charge is 0.394 e. The summed E-state index contributed by atoms with van der Waals surface area (Å²) in [4.78, 5) is 22.8. The quantitative estimate of drug-likeness (QED) is 0.347. The second-order valence-corrected chi connectivity index (χ2v) is 4.99. The highest BCUT2D eigenvalue weighted by Crippen LogP contribution is 2.02. The molecule has 0 aliphatic carbocycles. The molecule has 0 spiro atoms. The first kappa shape index (κ1) is 18.2. The zero-order valence-electron chi connectivity index (χ0n) is 13.3. The van der Waals surface area contributed by atoms with Crippen LogP contribution >= 0.6 is 0 Å². The maximum Gasteiger partial charge on any atom is 0.272 e. The van der Waals surface area contributed by atoms with Gasteiger partial charge in [-0.05, 0) is 18.6 Å². The van der Waals surface area contributed by atoms with Crippen LogP contribution in [0, 0.1) is 12.3 Å². The zero-order valence-corrected chi connectivity index (χ0v) is 13.3. The van der Waals surface area contributed by atoms with Gasteiger partial charge < -0.3 is 16.4 Å². The van der Waals surface area contributed by atoms with E-state index in [1.807, 2.05) is 31.2 Å². The number of rotatable bonds is 7. The number of ketones is 1. The van der Waals surface area contributed by atoms with Gasteiger partial charge in [0.2, 0.25) is 0 Å². The van der Waals surface area contributed by atoms with Crippen molar-refractivity contribution in [1.29, 1.82) is 5.41 Å². The molecule has 1 aromatic rings. The van der Waals surface area contributed by atoms with Crippen molar-refractivity contribution in [2.24, 2.45) is 5.73 Å². The molecule has 0 bridgehead atoms. The van der Waals surface area contributed by atoms with Crippen molar-refractivity contribution in [3.05, 3.63) is 59.4 Å². The molecule has 0 fully saturated rings. The normalized spacial score (nSPS) is 11.3. The molecule has 0 aliphatic heterocycles. The molecule has 6 nitrogen and oxygen atoms in total. The van der Waals surface area contributed by atoms with Gasteiger partial charge >= 0.3 is 0 Å². The molecule has 1 aromatic carbocycles. The van der Waals surface area contributed by atoms with Crippen LogP contribution in [0.25, 0.3) is 0 Å². The molecule has 1 amide bonds. The van der Waals surface area contributed by atoms with Crippen LogP contribution in [0.15, 0.2) is 48.3 Å². The van der Waals surface area contributed by atoms with E-state index in [9.17, 15) is 9.59 Å². The first-order valence-corrected chi connectivity index (χ1v) is 7.27. The molecule has 0 saturated heterocycles. The van der Waals surface area contributed by atoms with E-state index in [1.54, 1.807) is 13.1 Å². The zero-order chi connectivity index (χ0) is 17.2. The van der Waals surface area contributed by atoms with Gasteiger partial charge in [-0.15, -0.1) is 0 Å². The van der Waals surface area contributed by atoms with Gasteiger partial charge in [0.1, 0.15) is 11.5 Å². The Morgan fingerprint density at radius 1 is 1.26 bits per heavy atom. The van der Waals surface area contributed by atoms with Gasteiger partial charge in [-0.3, -0.25) is 15.0 Å². The fourth-order valence-electron chi connectivity index (χ4n) is 1.60. The summed E-state index contributed by atoms with van der Waals surface area (Å²) in [5, 5.41) is 12.9. The Morgan fingerprint density at radius 2 is 1.91 bits per heavy atom. The average molecular weight is 314 g/mol. The number of amidine groups is 1. The van der Waals surface area contributed by atoms with E-state index in [0.717, 1.165) is 11.6 Å². The highest BCUT2D eigenvalue weighted by Gasteiger charge is 2.07. The number of nitrogens with one attached hydrogen (secondary N) is 3. The molecule has 23 heavy (non-hydrogen) atoms. The Bertz CT molecular complexity index is 630. The third-order valence-electron chi connectivity index (χ3n) is 2.97. The lowest BCUT2D eigenvalue weighted by molar-refractivity contribution is -0.117. The highest BCUT2D eigenvalue weighted by atomic mass is 16.2. The third-order valence-corrected chi connectivity index (χ3v) is 2.97. The molecular weight excluding hydrogens is 292 g/mol. The summed E-state index contributed by atoms with van der Waals surface area (Å²) >= 11 is 0. The van der Waals surface area contributed by atoms with Crippen LogP contribution in [-0.4, -0.2) is 17.5 Å². The van der Waals surface area contributed by atoms with Gasteiger partial charge in [0.05, 0.1) is 0 Å². The molecule has 1 rings (SSSR count). The van der Waals surface area contributed by atoms with Crippen LogP contribution in [-0.2, 0) is 16.1 Å². The van der Waals surface area contributed by atoms with Crippen LogP contribution in [0.2, 0.25) is 0 Å². The number of carbonyl (C=O) groups is 2. The van der Waals surface area contributed by atoms with Gasteiger partial charge in [-0.1, -0.05) is 36.8 Å². The Morgan fingerprint density at radius 3 is 2.52 bits per heavy atom. The Balaban J connectivity index is 2.40. The van der Waals surface area contributed by atoms with Crippen molar-refractivity contribution in [3.63, 3.8) is 0 Å². The van der Waals surface area contributed by atoms with Crippen molar-refractivity contribution >= 4 is 17.5 Å². The molecule has 0 saturated carbocycles. The number of carbonyl (C=O) groups excluding carboxylic acids is 2. The van der Waals surface area contributed by atoms with E-state index >= 15 is 0 Å². The maximum absolute atomic E-state index is 11.6. The predicted octanol–water partition coefficient (Wildman–Crippen LogP) is 1.51. The lowest BCUT2D eigenvalue weighted by atomic mass is 10.1. The molecule has 122 valence electrons. The van der Waals surface area contributed by atoms with Gasteiger partial charge in [0, 0.05) is 25.2 Å². The van der Waals surface area contributed by atoms with E-state index in [2.05, 4.69) is 10.6 Å². The van der Waals surface area contributed by atoms with Crippen LogP contribution in [0.4, 0.5) is 0 Å². The summed E-state index contributed by atoms with van der Waals surface area (Å²) in [6, 6.07) is 8.07. The fourth-order valence-corrected chi connectivity index (χ4v) is 1.60. The molecule has 0 unspecified atom stereocenters. The summed E-state index contributed by atoms with van der Waals surface area (Å²) in [6.45, 7) is 4.31. The number of nitrogens with two attached hydrogens (primary N) is 1. The summed E-state index contributed by atoms with van der Waals surface area (Å²) < 4.78 is 0. The molecule has 5 N–H and O–H groups in total. The van der Waals surface area contributed by atoms with Crippen LogP contribution in [0.1, 0.15) is 24.5 Å². The van der Waals surface area contributed by atoms with Crippen LogP contribution < -0.4 is 16.4 Å². The Hall–Kier alpha value is -2.89. The number of amides is 1. The average Bonchev–Trinajstić information content (AvgIpc) is 2.52. The topological polar surface area (TPSA) is 108 Å². The van der Waals surface area contributed by atoms with Gasteiger partial charge in [0.15, 0.2) is 5.78 Å². The van der Waals surface area contributed by atoms with Gasteiger partial charge in [-0.25, -0.2) is 0 Å². The number of hydrogen-bond donors (Lipinski definition) is 4. The lowest BCUT2D eigenvalue weighted by Gasteiger charge is -2.04. The van der Waals surface area contributed by atoms with Crippen molar-refractivity contribution in [3.8, 4) is 0 Å². The van der Waals surface area contributed by atoms with E-state index < -0.39 is 5.91 Å². The van der Waals surface area contributed by atoms with Gasteiger partial charge in [-0.2, -0.15) is 0 Å². The SMILES string of the molecule is CCC(=O)C=C(N)C(=O)NC(=N)/C=C\NCc1ccc(C)cc1. The van der Waals surface area contributed by atoms with Crippen LogP contribution in [0.5, 0.6) is 0 Å². The minimum absolute atomic E-state index is 0.119. The standard InChI is InChI=1S/C17H22N4O2/c1-3-14(22)10-15(18)17(23)21-16(19)8-9-20-11-13-6-4-12(2)5-7-13/h4-10,20H,3,11,18H2,1-2H3,(H2,19,21,23)/b9-8-,15-10?. The van der Waals surface area contributed by atoms with E-state index in [-0.39, 0.29) is 23.7 Å². The highest BCUT2D eigenvalue weighted by molar-refractivity contribution is 6.10. The second-order valence-electron chi connectivity index (χ2n) is 4.99. The Kier molecular flexibility index (Phi) is 7.26. The first-order valence-electron chi connectivity index (χ1n) is 7.27. The number of hydrogen-bond acceptors (Lipinski definition) is 5. The second kappa shape index (κ2) is 9.19. The number of aryl methyl sites for hydroxylation is 1. The van der Waals surface area contributed by atoms with Crippen molar-refractivity contribution in [2.75, 3.05) is 0 Å². The molecule has 6 heteroatoms. The van der Waals surface area contributed by atoms with E-state index in [1.165, 1.54) is 11.6 Å². The molecule has 0 radical (unpaired) electrons. The van der Waals surface area contributed by atoms with Crippen molar-refractivity contribution in [2.45, 2.75) is 26.8 Å². The van der Waals surface area contributed by atoms with E-state index in [4.69, 9.17) is 11.1 Å². The molecular formula is C17H22N4O2. The van der Waals surface area contributed by atoms with Crippen molar-refractivity contribution < 1.29 is 9.59 Å². The molecule has 0 atom stereocenters. The maximum atomic E-state index is 11.6. The third kappa shape index (κ3) is 7.08. The summed E-state index contributed by atoms with van der Waals surface area (Å²) in [7, 11) is 0. The minimum atomic E-state index is -0.667. The van der Waals surface area contributed by atoms with Crippen molar-refractivity contribution in [1.82, 2.24) is 10.6 Å².